The summed E-state index contributed by atoms with van der Waals surface area (Å²) < 4.78 is 39.4. The lowest BCUT2D eigenvalue weighted by atomic mass is 10.0. The molecule has 29 heavy (non-hydrogen) atoms. The maximum atomic E-state index is 12.8. The van der Waals surface area contributed by atoms with E-state index in [0.29, 0.717) is 24.7 Å². The highest BCUT2D eigenvalue weighted by molar-refractivity contribution is 7.89. The van der Waals surface area contributed by atoms with Gasteiger partial charge in [0.25, 0.3) is 0 Å². The van der Waals surface area contributed by atoms with Crippen LogP contribution in [0.2, 0.25) is 0 Å². The lowest BCUT2D eigenvalue weighted by Crippen LogP contribution is -2.49. The largest absolute Gasteiger partial charge is 0.490 e. The lowest BCUT2D eigenvalue weighted by molar-refractivity contribution is 0.287. The van der Waals surface area contributed by atoms with Crippen molar-refractivity contribution in [3.05, 3.63) is 54.1 Å². The molecule has 2 aromatic rings. The predicted molar refractivity (Wildman–Crippen MR) is 116 cm³/mol. The quantitative estimate of drug-likeness (QED) is 0.577. The van der Waals surface area contributed by atoms with E-state index in [0.717, 1.165) is 5.56 Å². The second kappa shape index (κ2) is 10.1. The summed E-state index contributed by atoms with van der Waals surface area (Å²) in [6.45, 7) is 10.9. The fourth-order valence-corrected chi connectivity index (χ4v) is 4.25. The number of rotatable bonds is 11. The van der Waals surface area contributed by atoms with Crippen molar-refractivity contribution in [1.29, 1.82) is 0 Å². The third-order valence-electron chi connectivity index (χ3n) is 4.44. The van der Waals surface area contributed by atoms with E-state index in [2.05, 4.69) is 17.0 Å². The molecule has 0 aliphatic carbocycles. The number of hydrogen-bond donors (Lipinski definition) is 2. The average molecular weight is 421 g/mol. The second-order valence-corrected chi connectivity index (χ2v) is 9.23. The van der Waals surface area contributed by atoms with E-state index in [9.17, 15) is 8.42 Å². The summed E-state index contributed by atoms with van der Waals surface area (Å²) in [7, 11) is -3.69. The van der Waals surface area contributed by atoms with Crippen molar-refractivity contribution in [2.45, 2.75) is 51.1 Å². The normalized spacial score (nSPS) is 13.1. The first kappa shape index (κ1) is 23.2. The number of hydrogen-bond acceptors (Lipinski definition) is 5. The van der Waals surface area contributed by atoms with Gasteiger partial charge in [-0.05, 0) is 52.3 Å². The Kier molecular flexibility index (Phi) is 8.07. The van der Waals surface area contributed by atoms with Crippen LogP contribution >= 0.6 is 0 Å². The van der Waals surface area contributed by atoms with E-state index >= 15 is 0 Å². The molecule has 2 rings (SSSR count). The highest BCUT2D eigenvalue weighted by atomic mass is 32.2. The van der Waals surface area contributed by atoms with Crippen molar-refractivity contribution >= 4 is 10.0 Å². The molecule has 0 fully saturated rings. The van der Waals surface area contributed by atoms with Crippen LogP contribution in [0, 0.1) is 0 Å². The highest BCUT2D eigenvalue weighted by Gasteiger charge is 2.25. The number of sulfonamides is 1. The van der Waals surface area contributed by atoms with E-state index < -0.39 is 15.6 Å². The van der Waals surface area contributed by atoms with Crippen LogP contribution in [-0.2, 0) is 10.0 Å². The smallest absolute Gasteiger partial charge is 0.240 e. The van der Waals surface area contributed by atoms with Crippen LogP contribution < -0.4 is 19.5 Å². The molecule has 0 aliphatic rings. The van der Waals surface area contributed by atoms with E-state index in [1.54, 1.807) is 6.07 Å². The highest BCUT2D eigenvalue weighted by Crippen LogP contribution is 2.30. The average Bonchev–Trinajstić information content (AvgIpc) is 2.68. The van der Waals surface area contributed by atoms with E-state index in [1.807, 2.05) is 58.0 Å². The molecule has 0 saturated heterocycles. The molecule has 0 saturated carbocycles. The second-order valence-electron chi connectivity index (χ2n) is 7.46. The minimum atomic E-state index is -3.69. The van der Waals surface area contributed by atoms with Gasteiger partial charge in [0.1, 0.15) is 0 Å². The Morgan fingerprint density at radius 2 is 1.59 bits per heavy atom. The van der Waals surface area contributed by atoms with Crippen LogP contribution in [0.1, 0.15) is 46.2 Å². The fourth-order valence-electron chi connectivity index (χ4n) is 3.02. The number of ether oxygens (including phenoxy) is 2. The van der Waals surface area contributed by atoms with Crippen LogP contribution in [0.4, 0.5) is 0 Å². The minimum absolute atomic E-state index is 0.0886. The van der Waals surface area contributed by atoms with Gasteiger partial charge in [-0.15, -0.1) is 0 Å². The molecule has 1 unspecified atom stereocenters. The van der Waals surface area contributed by atoms with Gasteiger partial charge in [-0.2, -0.15) is 0 Å². The van der Waals surface area contributed by atoms with Crippen molar-refractivity contribution in [2.24, 2.45) is 0 Å². The molecule has 0 amide bonds. The Hall–Kier alpha value is -2.09. The van der Waals surface area contributed by atoms with Crippen LogP contribution in [0.25, 0.3) is 0 Å². The third kappa shape index (κ3) is 6.73. The van der Waals surface area contributed by atoms with Gasteiger partial charge < -0.3 is 14.8 Å². The van der Waals surface area contributed by atoms with E-state index in [-0.39, 0.29) is 17.5 Å². The van der Waals surface area contributed by atoms with Crippen molar-refractivity contribution in [3.8, 4) is 11.5 Å². The number of nitrogens with one attached hydrogen (secondary N) is 2. The number of benzene rings is 2. The Balaban J connectivity index is 2.09. The Morgan fingerprint density at radius 3 is 2.21 bits per heavy atom. The molecule has 1 atom stereocenters. The Morgan fingerprint density at radius 1 is 0.966 bits per heavy atom. The van der Waals surface area contributed by atoms with Crippen molar-refractivity contribution < 1.29 is 17.9 Å². The first-order valence-corrected chi connectivity index (χ1v) is 11.4. The minimum Gasteiger partial charge on any atom is -0.490 e. The maximum Gasteiger partial charge on any atom is 0.240 e. The van der Waals surface area contributed by atoms with E-state index in [4.69, 9.17) is 9.47 Å². The van der Waals surface area contributed by atoms with Crippen LogP contribution in [0.5, 0.6) is 11.5 Å². The van der Waals surface area contributed by atoms with Gasteiger partial charge in [-0.3, -0.25) is 0 Å². The Bertz CT molecular complexity index is 883. The first-order valence-electron chi connectivity index (χ1n) is 9.90. The first-order chi connectivity index (χ1) is 13.7. The van der Waals surface area contributed by atoms with Crippen LogP contribution in [-0.4, -0.2) is 33.7 Å². The van der Waals surface area contributed by atoms with Crippen LogP contribution in [0.3, 0.4) is 0 Å². The van der Waals surface area contributed by atoms with Gasteiger partial charge in [0.2, 0.25) is 10.0 Å². The summed E-state index contributed by atoms with van der Waals surface area (Å²) in [5.74, 6) is 0.958. The standard InChI is InChI=1S/C22H32N2O4S/c1-6-27-20-14-13-19(15-21(20)28-7-2)29(25,26)23-16-22(4,5)24-17(3)18-11-9-8-10-12-18/h8-15,17,23-24H,6-7,16H2,1-5H3. The summed E-state index contributed by atoms with van der Waals surface area (Å²) in [6.07, 6.45) is 0. The SMILES string of the molecule is CCOc1ccc(S(=O)(=O)NCC(C)(C)NC(C)c2ccccc2)cc1OCC. The molecule has 0 heterocycles. The third-order valence-corrected chi connectivity index (χ3v) is 5.84. The topological polar surface area (TPSA) is 76.7 Å². The molecule has 0 spiro atoms. The zero-order valence-corrected chi connectivity index (χ0v) is 18.7. The fraction of sp³-hybridized carbons (Fsp3) is 0.455. The molecular formula is C22H32N2O4S. The molecule has 2 N–H and O–H groups in total. The van der Waals surface area contributed by atoms with Crippen molar-refractivity contribution in [2.75, 3.05) is 19.8 Å². The molecular weight excluding hydrogens is 388 g/mol. The molecule has 0 bridgehead atoms. The lowest BCUT2D eigenvalue weighted by Gasteiger charge is -2.30. The van der Waals surface area contributed by atoms with Gasteiger partial charge in [0.15, 0.2) is 11.5 Å². The van der Waals surface area contributed by atoms with Crippen molar-refractivity contribution in [3.63, 3.8) is 0 Å². The molecule has 160 valence electrons. The van der Waals surface area contributed by atoms with Gasteiger partial charge in [-0.1, -0.05) is 30.3 Å². The molecule has 7 heteroatoms. The van der Waals surface area contributed by atoms with Crippen LogP contribution in [0.15, 0.2) is 53.4 Å². The zero-order chi connectivity index (χ0) is 21.5. The monoisotopic (exact) mass is 420 g/mol. The summed E-state index contributed by atoms with van der Waals surface area (Å²) in [5.41, 5.74) is 0.701. The maximum absolute atomic E-state index is 12.8. The summed E-state index contributed by atoms with van der Waals surface area (Å²) in [6, 6.07) is 14.8. The molecule has 0 aromatic heterocycles. The summed E-state index contributed by atoms with van der Waals surface area (Å²) >= 11 is 0. The molecule has 6 nitrogen and oxygen atoms in total. The summed E-state index contributed by atoms with van der Waals surface area (Å²) in [4.78, 5) is 0.149. The zero-order valence-electron chi connectivity index (χ0n) is 17.9. The van der Waals surface area contributed by atoms with Gasteiger partial charge in [0, 0.05) is 24.2 Å². The molecule has 0 radical (unpaired) electrons. The van der Waals surface area contributed by atoms with Crippen molar-refractivity contribution in [1.82, 2.24) is 10.0 Å². The van der Waals surface area contributed by atoms with Gasteiger partial charge in [-0.25, -0.2) is 13.1 Å². The summed E-state index contributed by atoms with van der Waals surface area (Å²) in [5, 5.41) is 3.48. The molecule has 2 aromatic carbocycles. The molecule has 0 aliphatic heterocycles. The van der Waals surface area contributed by atoms with Gasteiger partial charge >= 0.3 is 0 Å². The predicted octanol–water partition coefficient (Wildman–Crippen LogP) is 3.89. The Labute approximate surface area is 174 Å². The van der Waals surface area contributed by atoms with E-state index in [1.165, 1.54) is 12.1 Å². The van der Waals surface area contributed by atoms with Gasteiger partial charge in [0.05, 0.1) is 18.1 Å².